The summed E-state index contributed by atoms with van der Waals surface area (Å²) < 4.78 is 5.88. The van der Waals surface area contributed by atoms with Gasteiger partial charge in [-0.1, -0.05) is 42.0 Å². The van der Waals surface area contributed by atoms with Gasteiger partial charge in [-0.2, -0.15) is 0 Å². The number of fused-ring (bicyclic) bond motifs is 1. The molecule has 25 heavy (non-hydrogen) atoms. The molecular weight excluding hydrogens is 306 g/mol. The SMILES string of the molecule is Cc1ccc2[nH]c(-c3ccc(OCc4ccccc4)cc3)c(C)c2c1. The highest BCUT2D eigenvalue weighted by Gasteiger charge is 2.09. The number of rotatable bonds is 4. The Morgan fingerprint density at radius 2 is 1.60 bits per heavy atom. The molecule has 124 valence electrons. The number of aromatic nitrogens is 1. The Morgan fingerprint density at radius 3 is 2.36 bits per heavy atom. The predicted octanol–water partition coefficient (Wildman–Crippen LogP) is 6.03. The Kier molecular flexibility index (Phi) is 4.02. The lowest BCUT2D eigenvalue weighted by molar-refractivity contribution is 0.306. The summed E-state index contributed by atoms with van der Waals surface area (Å²) in [5.41, 5.74) is 7.28. The van der Waals surface area contributed by atoms with E-state index in [1.54, 1.807) is 0 Å². The summed E-state index contributed by atoms with van der Waals surface area (Å²) in [6, 6.07) is 25.1. The standard InChI is InChI=1S/C23H21NO/c1-16-8-13-22-21(14-16)17(2)23(24-22)19-9-11-20(12-10-19)25-15-18-6-4-3-5-7-18/h3-14,24H,15H2,1-2H3. The van der Waals surface area contributed by atoms with E-state index in [9.17, 15) is 0 Å². The van der Waals surface area contributed by atoms with Crippen molar-refractivity contribution in [3.05, 3.63) is 89.5 Å². The Morgan fingerprint density at radius 1 is 0.840 bits per heavy atom. The lowest BCUT2D eigenvalue weighted by Gasteiger charge is -2.07. The van der Waals surface area contributed by atoms with Crippen LogP contribution in [0.2, 0.25) is 0 Å². The fraction of sp³-hybridized carbons (Fsp3) is 0.130. The average molecular weight is 327 g/mol. The van der Waals surface area contributed by atoms with E-state index in [1.165, 1.54) is 38.9 Å². The lowest BCUT2D eigenvalue weighted by Crippen LogP contribution is -1.94. The maximum Gasteiger partial charge on any atom is 0.119 e. The number of benzene rings is 3. The molecule has 1 heterocycles. The maximum atomic E-state index is 5.88. The first-order valence-electron chi connectivity index (χ1n) is 8.57. The van der Waals surface area contributed by atoms with Crippen LogP contribution in [0.5, 0.6) is 5.75 Å². The summed E-state index contributed by atoms with van der Waals surface area (Å²) in [6.07, 6.45) is 0. The van der Waals surface area contributed by atoms with Crippen molar-refractivity contribution in [3.63, 3.8) is 0 Å². The molecule has 0 saturated heterocycles. The zero-order chi connectivity index (χ0) is 17.2. The third kappa shape index (κ3) is 3.16. The molecular formula is C23H21NO. The van der Waals surface area contributed by atoms with Crippen LogP contribution in [0.25, 0.3) is 22.2 Å². The molecule has 2 heteroatoms. The minimum Gasteiger partial charge on any atom is -0.489 e. The van der Waals surface area contributed by atoms with Gasteiger partial charge in [0.25, 0.3) is 0 Å². The van der Waals surface area contributed by atoms with Crippen molar-refractivity contribution in [1.82, 2.24) is 4.98 Å². The van der Waals surface area contributed by atoms with E-state index in [2.05, 4.69) is 61.3 Å². The lowest BCUT2D eigenvalue weighted by atomic mass is 10.1. The van der Waals surface area contributed by atoms with Gasteiger partial charge < -0.3 is 9.72 Å². The summed E-state index contributed by atoms with van der Waals surface area (Å²) in [5.74, 6) is 0.886. The van der Waals surface area contributed by atoms with Gasteiger partial charge in [0.05, 0.1) is 0 Å². The largest absolute Gasteiger partial charge is 0.489 e. The fourth-order valence-corrected chi connectivity index (χ4v) is 3.19. The minimum absolute atomic E-state index is 0.588. The van der Waals surface area contributed by atoms with Crippen LogP contribution in [0, 0.1) is 13.8 Å². The van der Waals surface area contributed by atoms with E-state index in [-0.39, 0.29) is 0 Å². The highest BCUT2D eigenvalue weighted by atomic mass is 16.5. The molecule has 1 N–H and O–H groups in total. The van der Waals surface area contributed by atoms with Gasteiger partial charge in [0.2, 0.25) is 0 Å². The molecule has 0 fully saturated rings. The number of nitrogens with one attached hydrogen (secondary N) is 1. The van der Waals surface area contributed by atoms with Crippen molar-refractivity contribution < 1.29 is 4.74 Å². The normalized spacial score (nSPS) is 11.0. The second kappa shape index (κ2) is 6.48. The first-order chi connectivity index (χ1) is 12.2. The number of hydrogen-bond donors (Lipinski definition) is 1. The molecule has 0 aliphatic carbocycles. The predicted molar refractivity (Wildman–Crippen MR) is 104 cm³/mol. The van der Waals surface area contributed by atoms with Crippen LogP contribution in [-0.4, -0.2) is 4.98 Å². The van der Waals surface area contributed by atoms with Gasteiger partial charge in [-0.25, -0.2) is 0 Å². The third-order valence-corrected chi connectivity index (χ3v) is 4.61. The highest BCUT2D eigenvalue weighted by Crippen LogP contribution is 2.31. The van der Waals surface area contributed by atoms with Crippen molar-refractivity contribution in [2.45, 2.75) is 20.5 Å². The Labute approximate surface area is 148 Å². The number of aromatic amines is 1. The summed E-state index contributed by atoms with van der Waals surface area (Å²) in [4.78, 5) is 3.54. The Hall–Kier alpha value is -3.00. The fourth-order valence-electron chi connectivity index (χ4n) is 3.19. The van der Waals surface area contributed by atoms with Gasteiger partial charge in [-0.05, 0) is 66.9 Å². The molecule has 0 unspecified atom stereocenters. The third-order valence-electron chi connectivity index (χ3n) is 4.61. The van der Waals surface area contributed by atoms with Crippen LogP contribution in [0.3, 0.4) is 0 Å². The summed E-state index contributed by atoms with van der Waals surface area (Å²) in [7, 11) is 0. The van der Waals surface area contributed by atoms with Gasteiger partial charge >= 0.3 is 0 Å². The van der Waals surface area contributed by atoms with Crippen LogP contribution in [0.4, 0.5) is 0 Å². The molecule has 0 radical (unpaired) electrons. The number of aryl methyl sites for hydroxylation is 2. The van der Waals surface area contributed by atoms with Crippen molar-refractivity contribution >= 4 is 10.9 Å². The van der Waals surface area contributed by atoms with E-state index in [0.717, 1.165) is 5.75 Å². The van der Waals surface area contributed by atoms with Crippen molar-refractivity contribution in [3.8, 4) is 17.0 Å². The first kappa shape index (κ1) is 15.5. The molecule has 4 aromatic rings. The van der Waals surface area contributed by atoms with Gasteiger partial charge in [-0.15, -0.1) is 0 Å². The number of H-pyrrole nitrogens is 1. The van der Waals surface area contributed by atoms with Crippen LogP contribution in [0.15, 0.2) is 72.8 Å². The Balaban J connectivity index is 1.57. The monoisotopic (exact) mass is 327 g/mol. The molecule has 0 saturated carbocycles. The molecule has 0 bridgehead atoms. The second-order valence-electron chi connectivity index (χ2n) is 6.47. The second-order valence-corrected chi connectivity index (χ2v) is 6.47. The van der Waals surface area contributed by atoms with Crippen LogP contribution >= 0.6 is 0 Å². The molecule has 2 nitrogen and oxygen atoms in total. The van der Waals surface area contributed by atoms with Gasteiger partial charge in [0, 0.05) is 16.6 Å². The summed E-state index contributed by atoms with van der Waals surface area (Å²) in [5, 5.41) is 1.29. The van der Waals surface area contributed by atoms with E-state index < -0.39 is 0 Å². The van der Waals surface area contributed by atoms with Gasteiger partial charge in [-0.3, -0.25) is 0 Å². The van der Waals surface area contributed by atoms with Crippen molar-refractivity contribution in [2.24, 2.45) is 0 Å². The smallest absolute Gasteiger partial charge is 0.119 e. The summed E-state index contributed by atoms with van der Waals surface area (Å²) in [6.45, 7) is 4.89. The molecule has 0 amide bonds. The van der Waals surface area contributed by atoms with E-state index in [4.69, 9.17) is 4.74 Å². The number of ether oxygens (including phenoxy) is 1. The van der Waals surface area contributed by atoms with Crippen molar-refractivity contribution in [1.29, 1.82) is 0 Å². The highest BCUT2D eigenvalue weighted by molar-refractivity contribution is 5.90. The zero-order valence-corrected chi connectivity index (χ0v) is 14.5. The molecule has 3 aromatic carbocycles. The average Bonchev–Trinajstić information content (AvgIpc) is 2.98. The molecule has 0 aliphatic heterocycles. The summed E-state index contributed by atoms with van der Waals surface area (Å²) >= 11 is 0. The van der Waals surface area contributed by atoms with Gasteiger partial charge in [0.15, 0.2) is 0 Å². The molecule has 0 atom stereocenters. The zero-order valence-electron chi connectivity index (χ0n) is 14.5. The van der Waals surface area contributed by atoms with Crippen LogP contribution in [0.1, 0.15) is 16.7 Å². The molecule has 0 aliphatic rings. The molecule has 4 rings (SSSR count). The van der Waals surface area contributed by atoms with Gasteiger partial charge in [0.1, 0.15) is 12.4 Å². The van der Waals surface area contributed by atoms with E-state index in [0.29, 0.717) is 6.61 Å². The van der Waals surface area contributed by atoms with E-state index >= 15 is 0 Å². The van der Waals surface area contributed by atoms with E-state index in [1.807, 2.05) is 30.3 Å². The topological polar surface area (TPSA) is 25.0 Å². The number of hydrogen-bond acceptors (Lipinski definition) is 1. The maximum absolute atomic E-state index is 5.88. The molecule has 1 aromatic heterocycles. The van der Waals surface area contributed by atoms with Crippen LogP contribution < -0.4 is 4.74 Å². The Bertz CT molecular complexity index is 998. The first-order valence-corrected chi connectivity index (χ1v) is 8.57. The van der Waals surface area contributed by atoms with Crippen molar-refractivity contribution in [2.75, 3.05) is 0 Å². The minimum atomic E-state index is 0.588. The molecule has 0 spiro atoms. The van der Waals surface area contributed by atoms with Crippen LogP contribution in [-0.2, 0) is 6.61 Å². The quantitative estimate of drug-likeness (QED) is 0.486.